The molecule has 2 aliphatic rings. The fraction of sp³-hybridized carbons (Fsp3) is 0.938. The van der Waals surface area contributed by atoms with Crippen LogP contribution in [0.3, 0.4) is 0 Å². The Morgan fingerprint density at radius 3 is 2.62 bits per heavy atom. The number of aliphatic imine (C=N–C) groups is 1. The molecule has 2 heterocycles. The van der Waals surface area contributed by atoms with E-state index in [4.69, 9.17) is 9.73 Å². The molecule has 0 spiro atoms. The van der Waals surface area contributed by atoms with E-state index < -0.39 is 0 Å². The van der Waals surface area contributed by atoms with Crippen LogP contribution in [0.25, 0.3) is 0 Å². The standard InChI is InChI=1S/C16H31N3O.HI/c1-4-16(5-2)8-9-19(13-16)15(17-6-3)18-11-14-7-10-20-12-14;/h14H,4-13H2,1-3H3,(H,17,18);1H. The maximum Gasteiger partial charge on any atom is 0.193 e. The van der Waals surface area contributed by atoms with Gasteiger partial charge in [-0.15, -0.1) is 24.0 Å². The molecule has 1 atom stereocenters. The molecule has 1 N–H and O–H groups in total. The number of guanidine groups is 1. The predicted octanol–water partition coefficient (Wildman–Crippen LogP) is 3.12. The van der Waals surface area contributed by atoms with Gasteiger partial charge in [0.1, 0.15) is 0 Å². The van der Waals surface area contributed by atoms with Crippen LogP contribution in [0.5, 0.6) is 0 Å². The number of hydrogen-bond donors (Lipinski definition) is 1. The van der Waals surface area contributed by atoms with E-state index in [2.05, 4.69) is 31.0 Å². The van der Waals surface area contributed by atoms with Gasteiger partial charge in [0, 0.05) is 38.7 Å². The predicted molar refractivity (Wildman–Crippen MR) is 99.5 cm³/mol. The van der Waals surface area contributed by atoms with Gasteiger partial charge >= 0.3 is 0 Å². The van der Waals surface area contributed by atoms with Crippen LogP contribution in [0.4, 0.5) is 0 Å². The number of likely N-dealkylation sites (tertiary alicyclic amines) is 1. The van der Waals surface area contributed by atoms with Crippen molar-refractivity contribution in [3.8, 4) is 0 Å². The Balaban J connectivity index is 0.00000220. The Hall–Kier alpha value is -0.0400. The number of ether oxygens (including phenoxy) is 1. The summed E-state index contributed by atoms with van der Waals surface area (Å²) in [4.78, 5) is 7.33. The van der Waals surface area contributed by atoms with Crippen molar-refractivity contribution >= 4 is 29.9 Å². The van der Waals surface area contributed by atoms with Crippen molar-refractivity contribution in [3.63, 3.8) is 0 Å². The Labute approximate surface area is 147 Å². The molecular weight excluding hydrogens is 377 g/mol. The summed E-state index contributed by atoms with van der Waals surface area (Å²) in [6, 6.07) is 0. The first-order chi connectivity index (χ1) is 9.73. The zero-order chi connectivity index (χ0) is 14.4. The van der Waals surface area contributed by atoms with E-state index >= 15 is 0 Å². The summed E-state index contributed by atoms with van der Waals surface area (Å²) in [5, 5.41) is 3.47. The number of nitrogens with zero attached hydrogens (tertiary/aromatic N) is 2. The van der Waals surface area contributed by atoms with Gasteiger partial charge in [0.05, 0.1) is 6.61 Å². The molecule has 0 aromatic carbocycles. The molecule has 2 saturated heterocycles. The van der Waals surface area contributed by atoms with Crippen LogP contribution in [0.1, 0.15) is 46.5 Å². The third kappa shape index (κ3) is 4.98. The average molecular weight is 409 g/mol. The number of halogens is 1. The number of hydrogen-bond acceptors (Lipinski definition) is 2. The number of rotatable bonds is 5. The van der Waals surface area contributed by atoms with Gasteiger partial charge in [-0.05, 0) is 38.0 Å². The molecule has 124 valence electrons. The Kier molecular flexibility index (Phi) is 8.31. The molecule has 0 radical (unpaired) electrons. The van der Waals surface area contributed by atoms with Gasteiger partial charge in [0.25, 0.3) is 0 Å². The summed E-state index contributed by atoms with van der Waals surface area (Å²) in [7, 11) is 0. The smallest absolute Gasteiger partial charge is 0.193 e. The van der Waals surface area contributed by atoms with Crippen LogP contribution in [0, 0.1) is 11.3 Å². The highest BCUT2D eigenvalue weighted by Gasteiger charge is 2.36. The highest BCUT2D eigenvalue weighted by atomic mass is 127. The molecule has 21 heavy (non-hydrogen) atoms. The average Bonchev–Trinajstić information content (AvgIpc) is 3.13. The molecule has 1 unspecified atom stereocenters. The van der Waals surface area contributed by atoms with Crippen LogP contribution in [0.15, 0.2) is 4.99 Å². The summed E-state index contributed by atoms with van der Waals surface area (Å²) in [6.45, 7) is 12.8. The fourth-order valence-electron chi connectivity index (χ4n) is 3.31. The van der Waals surface area contributed by atoms with Crippen LogP contribution < -0.4 is 5.32 Å². The van der Waals surface area contributed by atoms with Crippen molar-refractivity contribution in [1.82, 2.24) is 10.2 Å². The third-order valence-corrected chi connectivity index (χ3v) is 5.10. The molecule has 0 amide bonds. The summed E-state index contributed by atoms with van der Waals surface area (Å²) in [6.07, 6.45) is 5.01. The molecule has 2 rings (SSSR count). The summed E-state index contributed by atoms with van der Waals surface area (Å²) >= 11 is 0. The molecule has 4 nitrogen and oxygen atoms in total. The zero-order valence-electron chi connectivity index (χ0n) is 13.9. The molecule has 0 aliphatic carbocycles. The maximum absolute atomic E-state index is 5.44. The molecular formula is C16H32IN3O. The second-order valence-corrected chi connectivity index (χ2v) is 6.30. The second-order valence-electron chi connectivity index (χ2n) is 6.30. The molecule has 2 aliphatic heterocycles. The Bertz CT molecular complexity index is 325. The molecule has 0 aromatic rings. The normalized spacial score (nSPS) is 25.0. The monoisotopic (exact) mass is 409 g/mol. The Morgan fingerprint density at radius 1 is 1.33 bits per heavy atom. The quantitative estimate of drug-likeness (QED) is 0.431. The van der Waals surface area contributed by atoms with Gasteiger partial charge < -0.3 is 15.0 Å². The van der Waals surface area contributed by atoms with E-state index in [0.29, 0.717) is 11.3 Å². The lowest BCUT2D eigenvalue weighted by Crippen LogP contribution is -2.41. The van der Waals surface area contributed by atoms with Crippen molar-refractivity contribution < 1.29 is 4.74 Å². The largest absolute Gasteiger partial charge is 0.381 e. The van der Waals surface area contributed by atoms with Crippen molar-refractivity contribution in [2.24, 2.45) is 16.3 Å². The molecule has 0 aromatic heterocycles. The molecule has 0 bridgehead atoms. The summed E-state index contributed by atoms with van der Waals surface area (Å²) in [5.41, 5.74) is 0.507. The SMILES string of the molecule is CCNC(=NCC1CCOC1)N1CCC(CC)(CC)C1.I. The van der Waals surface area contributed by atoms with Crippen molar-refractivity contribution in [2.75, 3.05) is 39.4 Å². The third-order valence-electron chi connectivity index (χ3n) is 5.10. The molecule has 5 heteroatoms. The maximum atomic E-state index is 5.44. The first kappa shape index (κ1) is 19.0. The molecule has 0 saturated carbocycles. The van der Waals surface area contributed by atoms with Gasteiger partial charge in [-0.25, -0.2) is 0 Å². The number of nitrogens with one attached hydrogen (secondary N) is 1. The minimum absolute atomic E-state index is 0. The van der Waals surface area contributed by atoms with Crippen LogP contribution in [0.2, 0.25) is 0 Å². The van der Waals surface area contributed by atoms with Gasteiger partial charge in [-0.1, -0.05) is 13.8 Å². The Morgan fingerprint density at radius 2 is 2.10 bits per heavy atom. The second kappa shape index (κ2) is 9.18. The topological polar surface area (TPSA) is 36.9 Å². The molecule has 2 fully saturated rings. The van der Waals surface area contributed by atoms with Crippen LogP contribution in [-0.2, 0) is 4.74 Å². The van der Waals surface area contributed by atoms with E-state index in [9.17, 15) is 0 Å². The van der Waals surface area contributed by atoms with Crippen molar-refractivity contribution in [1.29, 1.82) is 0 Å². The lowest BCUT2D eigenvalue weighted by atomic mass is 9.82. The van der Waals surface area contributed by atoms with E-state index in [-0.39, 0.29) is 24.0 Å². The fourth-order valence-corrected chi connectivity index (χ4v) is 3.31. The van der Waals surface area contributed by atoms with Gasteiger partial charge in [0.15, 0.2) is 5.96 Å². The first-order valence-corrected chi connectivity index (χ1v) is 8.34. The van der Waals surface area contributed by atoms with Crippen molar-refractivity contribution in [2.45, 2.75) is 46.5 Å². The highest BCUT2D eigenvalue weighted by molar-refractivity contribution is 14.0. The minimum Gasteiger partial charge on any atom is -0.381 e. The van der Waals surface area contributed by atoms with E-state index in [1.54, 1.807) is 0 Å². The first-order valence-electron chi connectivity index (χ1n) is 8.34. The van der Waals surface area contributed by atoms with Gasteiger partial charge in [-0.2, -0.15) is 0 Å². The lowest BCUT2D eigenvalue weighted by Gasteiger charge is -2.28. The van der Waals surface area contributed by atoms with Gasteiger partial charge in [-0.3, -0.25) is 4.99 Å². The minimum atomic E-state index is 0. The van der Waals surface area contributed by atoms with E-state index in [0.717, 1.165) is 51.8 Å². The van der Waals surface area contributed by atoms with Gasteiger partial charge in [0.2, 0.25) is 0 Å². The lowest BCUT2D eigenvalue weighted by molar-refractivity contribution is 0.187. The van der Waals surface area contributed by atoms with E-state index in [1.165, 1.54) is 19.3 Å². The summed E-state index contributed by atoms with van der Waals surface area (Å²) < 4.78 is 5.44. The van der Waals surface area contributed by atoms with E-state index in [1.807, 2.05) is 0 Å². The van der Waals surface area contributed by atoms with Crippen molar-refractivity contribution in [3.05, 3.63) is 0 Å². The zero-order valence-corrected chi connectivity index (χ0v) is 16.2. The van der Waals surface area contributed by atoms with Crippen LogP contribution in [-0.4, -0.2) is 50.3 Å². The van der Waals surface area contributed by atoms with Crippen LogP contribution >= 0.6 is 24.0 Å². The summed E-state index contributed by atoms with van der Waals surface area (Å²) in [5.74, 6) is 1.73. The highest BCUT2D eigenvalue weighted by Crippen LogP contribution is 2.36.